The summed E-state index contributed by atoms with van der Waals surface area (Å²) in [5.41, 5.74) is -0.457. The molecule has 6 heteroatoms. The van der Waals surface area contributed by atoms with E-state index >= 15 is 0 Å². The van der Waals surface area contributed by atoms with Gasteiger partial charge in [0.1, 0.15) is 5.54 Å². The Labute approximate surface area is 88.7 Å². The van der Waals surface area contributed by atoms with Crippen molar-refractivity contribution >= 4 is 15.7 Å². The van der Waals surface area contributed by atoms with Gasteiger partial charge in [-0.1, -0.05) is 0 Å². The normalized spacial score (nSPS) is 47.1. The molecule has 0 bridgehead atoms. The molecular formula is C9H14N2O3S. The lowest BCUT2D eigenvalue weighted by Gasteiger charge is -2.22. The van der Waals surface area contributed by atoms with Crippen LogP contribution in [0.3, 0.4) is 0 Å². The number of fused-ring (bicyclic) bond motifs is 3. The number of sulfone groups is 1. The lowest BCUT2D eigenvalue weighted by Crippen LogP contribution is -2.46. The van der Waals surface area contributed by atoms with Crippen molar-refractivity contribution in [2.75, 3.05) is 24.6 Å². The minimum Gasteiger partial charge on any atom is -0.354 e. The maximum absolute atomic E-state index is 11.8. The molecule has 0 aromatic heterocycles. The summed E-state index contributed by atoms with van der Waals surface area (Å²) in [6.07, 6.45) is 1.78. The molecule has 1 N–H and O–H groups in total. The Morgan fingerprint density at radius 2 is 2.27 bits per heavy atom. The second-order valence-electron chi connectivity index (χ2n) is 4.61. The zero-order valence-electron chi connectivity index (χ0n) is 8.40. The minimum absolute atomic E-state index is 0.0378. The molecule has 0 radical (unpaired) electrons. The highest BCUT2D eigenvalue weighted by Gasteiger charge is 2.69. The van der Waals surface area contributed by atoms with Gasteiger partial charge in [0.05, 0.1) is 17.5 Å². The highest BCUT2D eigenvalue weighted by Crippen LogP contribution is 2.48. The molecular weight excluding hydrogens is 216 g/mol. The van der Waals surface area contributed by atoms with Crippen molar-refractivity contribution in [3.63, 3.8) is 0 Å². The van der Waals surface area contributed by atoms with E-state index in [9.17, 15) is 13.2 Å². The summed E-state index contributed by atoms with van der Waals surface area (Å²) in [6, 6.07) is -0.0449. The van der Waals surface area contributed by atoms with E-state index in [0.717, 1.165) is 19.4 Å². The van der Waals surface area contributed by atoms with E-state index < -0.39 is 15.4 Å². The van der Waals surface area contributed by atoms with Crippen LogP contribution in [-0.4, -0.2) is 55.4 Å². The largest absolute Gasteiger partial charge is 0.354 e. The van der Waals surface area contributed by atoms with Gasteiger partial charge < -0.3 is 5.32 Å². The van der Waals surface area contributed by atoms with Crippen LogP contribution in [0.4, 0.5) is 0 Å². The number of hydrogen-bond donors (Lipinski definition) is 1. The summed E-state index contributed by atoms with van der Waals surface area (Å²) in [5.74, 6) is 0.412. The van der Waals surface area contributed by atoms with Crippen molar-refractivity contribution in [2.45, 2.75) is 24.4 Å². The second kappa shape index (κ2) is 2.74. The van der Waals surface area contributed by atoms with Crippen LogP contribution in [-0.2, 0) is 14.6 Å². The van der Waals surface area contributed by atoms with Gasteiger partial charge in [-0.3, -0.25) is 9.69 Å². The molecule has 3 aliphatic heterocycles. The van der Waals surface area contributed by atoms with E-state index in [0.29, 0.717) is 6.54 Å². The van der Waals surface area contributed by atoms with Crippen molar-refractivity contribution in [3.05, 3.63) is 0 Å². The number of carbonyl (C=O) groups is 1. The average molecular weight is 230 g/mol. The molecule has 15 heavy (non-hydrogen) atoms. The molecule has 0 saturated carbocycles. The first-order valence-electron chi connectivity index (χ1n) is 5.32. The summed E-state index contributed by atoms with van der Waals surface area (Å²) >= 11 is 0. The number of nitrogens with one attached hydrogen (secondary N) is 1. The molecule has 0 aromatic rings. The third kappa shape index (κ3) is 1.18. The first-order chi connectivity index (χ1) is 7.06. The topological polar surface area (TPSA) is 66.2 Å². The Morgan fingerprint density at radius 3 is 2.93 bits per heavy atom. The highest BCUT2D eigenvalue weighted by atomic mass is 32.2. The monoisotopic (exact) mass is 230 g/mol. The fourth-order valence-electron chi connectivity index (χ4n) is 3.02. The number of piperidine rings is 1. The molecule has 3 atom stereocenters. The third-order valence-corrected chi connectivity index (χ3v) is 5.47. The van der Waals surface area contributed by atoms with Gasteiger partial charge >= 0.3 is 0 Å². The number of rotatable bonds is 0. The lowest BCUT2D eigenvalue weighted by molar-refractivity contribution is -0.126. The lowest BCUT2D eigenvalue weighted by atomic mass is 9.95. The number of carbonyl (C=O) groups excluding carboxylic acids is 1. The predicted molar refractivity (Wildman–Crippen MR) is 54.1 cm³/mol. The summed E-state index contributed by atoms with van der Waals surface area (Å²) in [6.45, 7) is 1.26. The van der Waals surface area contributed by atoms with Gasteiger partial charge in [0.15, 0.2) is 9.84 Å². The SMILES string of the molecule is O=C1NCCCC12C1CS(=O)(=O)CCN12. The highest BCUT2D eigenvalue weighted by molar-refractivity contribution is 7.91. The maximum Gasteiger partial charge on any atom is 0.242 e. The van der Waals surface area contributed by atoms with Crippen molar-refractivity contribution in [3.8, 4) is 0 Å². The van der Waals surface area contributed by atoms with Crippen LogP contribution in [0.5, 0.6) is 0 Å². The van der Waals surface area contributed by atoms with Crippen molar-refractivity contribution in [1.82, 2.24) is 10.2 Å². The minimum atomic E-state index is -2.91. The van der Waals surface area contributed by atoms with Crippen LogP contribution in [0.25, 0.3) is 0 Å². The van der Waals surface area contributed by atoms with Crippen molar-refractivity contribution in [1.29, 1.82) is 0 Å². The van der Waals surface area contributed by atoms with Gasteiger partial charge in [-0.25, -0.2) is 8.42 Å². The summed E-state index contributed by atoms with van der Waals surface area (Å²) < 4.78 is 22.9. The van der Waals surface area contributed by atoms with Gasteiger partial charge in [-0.05, 0) is 12.8 Å². The zero-order chi connectivity index (χ0) is 10.7. The molecule has 3 saturated heterocycles. The molecule has 1 amide bonds. The Hall–Kier alpha value is -0.620. The van der Waals surface area contributed by atoms with Gasteiger partial charge in [0.25, 0.3) is 0 Å². The summed E-state index contributed by atoms with van der Waals surface area (Å²) in [5, 5.41) is 2.84. The molecule has 3 heterocycles. The molecule has 84 valence electrons. The zero-order valence-corrected chi connectivity index (χ0v) is 9.22. The first-order valence-corrected chi connectivity index (χ1v) is 7.14. The Kier molecular flexibility index (Phi) is 1.75. The molecule has 3 fully saturated rings. The Balaban J connectivity index is 1.89. The van der Waals surface area contributed by atoms with Crippen LogP contribution in [0, 0.1) is 0 Å². The second-order valence-corrected chi connectivity index (χ2v) is 6.84. The van der Waals surface area contributed by atoms with Crippen molar-refractivity contribution < 1.29 is 13.2 Å². The van der Waals surface area contributed by atoms with E-state index in [1.807, 2.05) is 0 Å². The predicted octanol–water partition coefficient (Wildman–Crippen LogP) is -1.25. The number of hydrogen-bond acceptors (Lipinski definition) is 4. The van der Waals surface area contributed by atoms with E-state index in [2.05, 4.69) is 10.2 Å². The van der Waals surface area contributed by atoms with Gasteiger partial charge in [0, 0.05) is 13.1 Å². The standard InChI is InChI=1S/C9H14N2O3S/c12-8-9(2-1-3-10-8)7-6-15(13,14)5-4-11(7)9/h7H,1-6H2,(H,10,12). The van der Waals surface area contributed by atoms with Crippen molar-refractivity contribution in [2.24, 2.45) is 0 Å². The number of amides is 1. The molecule has 3 unspecified atom stereocenters. The van der Waals surface area contributed by atoms with Gasteiger partial charge in [-0.15, -0.1) is 0 Å². The van der Waals surface area contributed by atoms with Crippen LogP contribution in [0.2, 0.25) is 0 Å². The molecule has 1 spiro atoms. The quantitative estimate of drug-likeness (QED) is 0.528. The fraction of sp³-hybridized carbons (Fsp3) is 0.889. The van der Waals surface area contributed by atoms with E-state index in [1.54, 1.807) is 0 Å². The van der Waals surface area contributed by atoms with Crippen LogP contribution < -0.4 is 5.32 Å². The maximum atomic E-state index is 11.8. The molecule has 3 rings (SSSR count). The molecule has 3 aliphatic rings. The Morgan fingerprint density at radius 1 is 1.47 bits per heavy atom. The van der Waals surface area contributed by atoms with E-state index in [-0.39, 0.29) is 23.5 Å². The number of nitrogens with zero attached hydrogens (tertiary/aromatic N) is 1. The summed E-state index contributed by atoms with van der Waals surface area (Å²) in [7, 11) is -2.91. The smallest absolute Gasteiger partial charge is 0.242 e. The molecule has 5 nitrogen and oxygen atoms in total. The first kappa shape index (κ1) is 9.59. The average Bonchev–Trinajstić information content (AvgIpc) is 2.77. The molecule has 0 aromatic carbocycles. The van der Waals surface area contributed by atoms with Gasteiger partial charge in [0.2, 0.25) is 5.91 Å². The Bertz CT molecular complexity index is 419. The van der Waals surface area contributed by atoms with E-state index in [1.165, 1.54) is 0 Å². The van der Waals surface area contributed by atoms with Crippen LogP contribution in [0.15, 0.2) is 0 Å². The third-order valence-electron chi connectivity index (χ3n) is 3.84. The summed E-state index contributed by atoms with van der Waals surface area (Å²) in [4.78, 5) is 13.9. The van der Waals surface area contributed by atoms with Gasteiger partial charge in [-0.2, -0.15) is 0 Å². The molecule has 0 aliphatic carbocycles. The van der Waals surface area contributed by atoms with E-state index in [4.69, 9.17) is 0 Å². The van der Waals surface area contributed by atoms with Crippen LogP contribution >= 0.6 is 0 Å². The fourth-order valence-corrected chi connectivity index (χ4v) is 4.60. The van der Waals surface area contributed by atoms with Crippen LogP contribution in [0.1, 0.15) is 12.8 Å².